The van der Waals surface area contributed by atoms with Crippen molar-refractivity contribution < 1.29 is 23.0 Å². The van der Waals surface area contributed by atoms with E-state index in [1.54, 1.807) is 31.2 Å². The first-order valence-corrected chi connectivity index (χ1v) is 11.4. The fourth-order valence-corrected chi connectivity index (χ4v) is 4.06. The minimum Gasteiger partial charge on any atom is -0.490 e. The maximum absolute atomic E-state index is 15.3. The molecule has 0 aromatic heterocycles. The lowest BCUT2D eigenvalue weighted by atomic mass is 9.99. The van der Waals surface area contributed by atoms with E-state index in [0.29, 0.717) is 12.2 Å². The molecule has 2 atom stereocenters. The monoisotopic (exact) mass is 474 g/mol. The van der Waals surface area contributed by atoms with Gasteiger partial charge < -0.3 is 25.4 Å². The first kappa shape index (κ1) is 25.6. The molecule has 2 aromatic carbocycles. The molecular weight excluding hydrogens is 442 g/mol. The van der Waals surface area contributed by atoms with Crippen molar-refractivity contribution in [3.8, 4) is 5.75 Å². The number of nitrogen functional groups attached to an aromatic ring is 1. The molecule has 0 bridgehead atoms. The predicted octanol–water partition coefficient (Wildman–Crippen LogP) is 3.36. The van der Waals surface area contributed by atoms with Crippen LogP contribution in [-0.4, -0.2) is 50.0 Å². The number of amides is 1. The largest absolute Gasteiger partial charge is 0.490 e. The molecule has 9 heteroatoms. The van der Waals surface area contributed by atoms with Gasteiger partial charge in [-0.3, -0.25) is 10.2 Å². The highest BCUT2D eigenvalue weighted by molar-refractivity contribution is 5.94. The molecule has 4 N–H and O–H groups in total. The maximum atomic E-state index is 15.3. The molecule has 0 aliphatic carbocycles. The third-order valence-electron chi connectivity index (χ3n) is 5.85. The third-order valence-corrected chi connectivity index (χ3v) is 5.85. The van der Waals surface area contributed by atoms with E-state index < -0.39 is 29.2 Å². The van der Waals surface area contributed by atoms with Crippen molar-refractivity contribution >= 4 is 11.7 Å². The Labute approximate surface area is 198 Å². The van der Waals surface area contributed by atoms with Crippen LogP contribution in [0.5, 0.6) is 5.75 Å². The number of nitrogens with zero attached hydrogens (tertiary/aromatic N) is 1. The van der Waals surface area contributed by atoms with Crippen molar-refractivity contribution in [1.82, 2.24) is 10.2 Å². The van der Waals surface area contributed by atoms with Gasteiger partial charge in [-0.25, -0.2) is 8.78 Å². The van der Waals surface area contributed by atoms with Crippen LogP contribution in [-0.2, 0) is 16.1 Å². The molecular formula is C25H32F2N4O3. The molecule has 34 heavy (non-hydrogen) atoms. The Kier molecular flexibility index (Phi) is 8.95. The normalized spacial score (nSPS) is 17.2. The van der Waals surface area contributed by atoms with Gasteiger partial charge in [0.15, 0.2) is 17.7 Å². The Morgan fingerprint density at radius 2 is 2.00 bits per heavy atom. The van der Waals surface area contributed by atoms with Gasteiger partial charge in [-0.1, -0.05) is 24.3 Å². The van der Waals surface area contributed by atoms with Gasteiger partial charge in [0.2, 0.25) is 0 Å². The molecule has 7 nitrogen and oxygen atoms in total. The van der Waals surface area contributed by atoms with Gasteiger partial charge in [0.1, 0.15) is 11.7 Å². The summed E-state index contributed by atoms with van der Waals surface area (Å²) >= 11 is 0. The number of ether oxygens (including phenoxy) is 2. The highest BCUT2D eigenvalue weighted by atomic mass is 19.1. The summed E-state index contributed by atoms with van der Waals surface area (Å²) in [5, 5.41) is 10.1. The topological polar surface area (TPSA) is 101 Å². The van der Waals surface area contributed by atoms with Gasteiger partial charge in [0, 0.05) is 31.2 Å². The molecule has 1 aliphatic heterocycles. The number of amidine groups is 1. The Morgan fingerprint density at radius 3 is 2.65 bits per heavy atom. The number of hydrogen-bond donors (Lipinski definition) is 3. The zero-order valence-corrected chi connectivity index (χ0v) is 19.6. The number of likely N-dealkylation sites (tertiary alicyclic amines) is 1. The zero-order valence-electron chi connectivity index (χ0n) is 19.6. The number of rotatable bonds is 10. The summed E-state index contributed by atoms with van der Waals surface area (Å²) in [5.41, 5.74) is 6.28. The first-order valence-electron chi connectivity index (χ1n) is 11.4. The van der Waals surface area contributed by atoms with Crippen molar-refractivity contribution in [2.24, 2.45) is 11.7 Å². The Hall–Kier alpha value is -3.04. The maximum Gasteiger partial charge on any atom is 0.254 e. The van der Waals surface area contributed by atoms with Crippen molar-refractivity contribution in [1.29, 1.82) is 5.41 Å². The number of halogens is 2. The standard InChI is InChI=1S/C25H32F2N4O3/c1-3-33-23(25(32)30-13-16-6-8-18(9-7-16)24(28)29)21-19(26)10-11-20(22(21)27)34-15-17-5-4-12-31(2)14-17/h6-11,17,23H,3-5,12-15H2,1-2H3,(H3,28,29)(H,30,32). The zero-order chi connectivity index (χ0) is 24.7. The van der Waals surface area contributed by atoms with Crippen LogP contribution < -0.4 is 15.8 Å². The van der Waals surface area contributed by atoms with Gasteiger partial charge >= 0.3 is 0 Å². The molecule has 184 valence electrons. The second kappa shape index (κ2) is 11.9. The average molecular weight is 475 g/mol. The third kappa shape index (κ3) is 6.51. The molecule has 0 saturated carbocycles. The lowest BCUT2D eigenvalue weighted by Gasteiger charge is -2.29. The van der Waals surface area contributed by atoms with E-state index in [9.17, 15) is 9.18 Å². The van der Waals surface area contributed by atoms with Gasteiger partial charge in [-0.05, 0) is 51.1 Å². The second-order valence-electron chi connectivity index (χ2n) is 8.52. The quantitative estimate of drug-likeness (QED) is 0.362. The van der Waals surface area contributed by atoms with E-state index in [0.717, 1.165) is 37.6 Å². The molecule has 1 amide bonds. The summed E-state index contributed by atoms with van der Waals surface area (Å²) in [6.07, 6.45) is 0.564. The van der Waals surface area contributed by atoms with E-state index in [1.165, 1.54) is 6.07 Å². The number of nitrogens with two attached hydrogens (primary N) is 1. The highest BCUT2D eigenvalue weighted by Crippen LogP contribution is 2.31. The molecule has 2 unspecified atom stereocenters. The Bertz CT molecular complexity index is 1000. The molecule has 1 aliphatic rings. The van der Waals surface area contributed by atoms with E-state index in [1.807, 2.05) is 7.05 Å². The average Bonchev–Trinajstić information content (AvgIpc) is 2.82. The molecule has 1 heterocycles. The van der Waals surface area contributed by atoms with Crippen LogP contribution in [0.1, 0.15) is 42.6 Å². The van der Waals surface area contributed by atoms with E-state index in [2.05, 4.69) is 10.2 Å². The van der Waals surface area contributed by atoms with Crippen molar-refractivity contribution in [2.45, 2.75) is 32.4 Å². The number of nitrogens with one attached hydrogen (secondary N) is 2. The fraction of sp³-hybridized carbons (Fsp3) is 0.440. The summed E-state index contributed by atoms with van der Waals surface area (Å²) in [6, 6.07) is 9.09. The number of carbonyl (C=O) groups is 1. The smallest absolute Gasteiger partial charge is 0.254 e. The molecule has 2 aromatic rings. The minimum absolute atomic E-state index is 0.0597. The minimum atomic E-state index is -1.47. The van der Waals surface area contributed by atoms with Crippen LogP contribution in [0.2, 0.25) is 0 Å². The second-order valence-corrected chi connectivity index (χ2v) is 8.52. The molecule has 0 radical (unpaired) electrons. The fourth-order valence-electron chi connectivity index (χ4n) is 4.06. The molecule has 0 spiro atoms. The molecule has 3 rings (SSSR count). The summed E-state index contributed by atoms with van der Waals surface area (Å²) in [4.78, 5) is 15.1. The van der Waals surface area contributed by atoms with Gasteiger partial charge in [-0.15, -0.1) is 0 Å². The first-order chi connectivity index (χ1) is 16.3. The van der Waals surface area contributed by atoms with E-state index in [4.69, 9.17) is 20.6 Å². The summed E-state index contributed by atoms with van der Waals surface area (Å²) in [5.74, 6) is -2.36. The predicted molar refractivity (Wildman–Crippen MR) is 126 cm³/mol. The molecule has 1 saturated heterocycles. The van der Waals surface area contributed by atoms with E-state index >= 15 is 4.39 Å². The van der Waals surface area contributed by atoms with Gasteiger partial charge in [0.05, 0.1) is 12.2 Å². The van der Waals surface area contributed by atoms with Crippen molar-refractivity contribution in [3.05, 3.63) is 64.7 Å². The van der Waals surface area contributed by atoms with Crippen LogP contribution in [0.15, 0.2) is 36.4 Å². The van der Waals surface area contributed by atoms with Crippen LogP contribution in [0.3, 0.4) is 0 Å². The summed E-state index contributed by atoms with van der Waals surface area (Å²) < 4.78 is 41.2. The van der Waals surface area contributed by atoms with Crippen LogP contribution in [0.4, 0.5) is 8.78 Å². The molecule has 1 fully saturated rings. The van der Waals surface area contributed by atoms with Gasteiger partial charge in [0.25, 0.3) is 5.91 Å². The van der Waals surface area contributed by atoms with Gasteiger partial charge in [-0.2, -0.15) is 0 Å². The van der Waals surface area contributed by atoms with Crippen LogP contribution >= 0.6 is 0 Å². The summed E-state index contributed by atoms with van der Waals surface area (Å²) in [6.45, 7) is 4.05. The number of hydrogen-bond acceptors (Lipinski definition) is 5. The number of benzene rings is 2. The SMILES string of the molecule is CCOC(C(=O)NCc1ccc(C(=N)N)cc1)c1c(F)ccc(OCC2CCCN(C)C2)c1F. The van der Waals surface area contributed by atoms with Crippen LogP contribution in [0, 0.1) is 23.0 Å². The van der Waals surface area contributed by atoms with Crippen molar-refractivity contribution in [3.63, 3.8) is 0 Å². The van der Waals surface area contributed by atoms with Crippen molar-refractivity contribution in [2.75, 3.05) is 33.4 Å². The van der Waals surface area contributed by atoms with E-state index in [-0.39, 0.29) is 30.7 Å². The number of carbonyl (C=O) groups excluding carboxylic acids is 1. The lowest BCUT2D eigenvalue weighted by Crippen LogP contribution is -2.35. The Morgan fingerprint density at radius 1 is 1.26 bits per heavy atom. The number of piperidine rings is 1. The Balaban J connectivity index is 1.72. The van der Waals surface area contributed by atoms with Crippen LogP contribution in [0.25, 0.3) is 0 Å². The lowest BCUT2D eigenvalue weighted by molar-refractivity contribution is -0.133. The summed E-state index contributed by atoms with van der Waals surface area (Å²) in [7, 11) is 2.03. The highest BCUT2D eigenvalue weighted by Gasteiger charge is 2.30.